The van der Waals surface area contributed by atoms with E-state index in [1.165, 1.54) is 35.6 Å². The lowest BCUT2D eigenvalue weighted by atomic mass is 9.84. The summed E-state index contributed by atoms with van der Waals surface area (Å²) in [4.78, 5) is 29.9. The molecule has 0 radical (unpaired) electrons. The van der Waals surface area contributed by atoms with Crippen LogP contribution in [0.25, 0.3) is 10.9 Å². The second-order valence-electron chi connectivity index (χ2n) is 7.80. The van der Waals surface area contributed by atoms with Crippen LogP contribution in [0.5, 0.6) is 16.6 Å². The minimum absolute atomic E-state index is 0.134. The molecule has 0 amide bonds. The first-order chi connectivity index (χ1) is 16.2. The molecule has 34 heavy (non-hydrogen) atoms. The van der Waals surface area contributed by atoms with Crippen LogP contribution in [-0.4, -0.2) is 17.1 Å². The molecule has 0 bridgehead atoms. The molecule has 174 valence electrons. The minimum Gasteiger partial charge on any atom is -0.447 e. The largest absolute Gasteiger partial charge is 0.573 e. The zero-order chi connectivity index (χ0) is 24.0. The van der Waals surface area contributed by atoms with Gasteiger partial charge in [0.15, 0.2) is 10.8 Å². The highest BCUT2D eigenvalue weighted by Crippen LogP contribution is 2.39. The van der Waals surface area contributed by atoms with Crippen molar-refractivity contribution in [2.75, 3.05) is 0 Å². The van der Waals surface area contributed by atoms with E-state index < -0.39 is 6.36 Å². The van der Waals surface area contributed by atoms with Crippen molar-refractivity contribution in [1.29, 1.82) is 0 Å². The topological polar surface area (TPSA) is 68.4 Å². The van der Waals surface area contributed by atoms with Crippen LogP contribution in [0.15, 0.2) is 59.4 Å². The van der Waals surface area contributed by atoms with Crippen molar-refractivity contribution in [3.05, 3.63) is 86.0 Å². The molecule has 1 N–H and O–H groups in total. The molecular formula is C24H15ClF3NO4S. The molecule has 2 aromatic heterocycles. The molecule has 1 aliphatic carbocycles. The summed E-state index contributed by atoms with van der Waals surface area (Å²) in [6.07, 6.45) is -4.09. The Bertz CT molecular complexity index is 1460. The number of alkyl halides is 3. The Morgan fingerprint density at radius 2 is 1.71 bits per heavy atom. The third-order valence-corrected chi connectivity index (χ3v) is 6.84. The van der Waals surface area contributed by atoms with Gasteiger partial charge in [-0.25, -0.2) is 0 Å². The average Bonchev–Trinajstić information content (AvgIpc) is 3.23. The number of thiophene rings is 1. The zero-order valence-corrected chi connectivity index (χ0v) is 18.8. The predicted molar refractivity (Wildman–Crippen MR) is 122 cm³/mol. The SMILES string of the molecule is O=C1CC(c2ccc(Oc3ccc(OC(F)(F)F)cc3)s2)Cc2[nH]c3ccc(Cl)cc3c(=O)c21. The van der Waals surface area contributed by atoms with Crippen LogP contribution in [0, 0.1) is 0 Å². The highest BCUT2D eigenvalue weighted by Gasteiger charge is 2.32. The maximum Gasteiger partial charge on any atom is 0.573 e. The Labute approximate surface area is 199 Å². The van der Waals surface area contributed by atoms with Gasteiger partial charge in [-0.3, -0.25) is 9.59 Å². The highest BCUT2D eigenvalue weighted by molar-refractivity contribution is 7.13. The van der Waals surface area contributed by atoms with E-state index in [9.17, 15) is 22.8 Å². The molecule has 0 fully saturated rings. The molecule has 4 aromatic rings. The molecule has 0 aliphatic heterocycles. The van der Waals surface area contributed by atoms with Crippen LogP contribution in [-0.2, 0) is 6.42 Å². The summed E-state index contributed by atoms with van der Waals surface area (Å²) in [5.41, 5.74) is 1.08. The van der Waals surface area contributed by atoms with Gasteiger partial charge in [0.2, 0.25) is 5.43 Å². The van der Waals surface area contributed by atoms with Crippen molar-refractivity contribution in [3.8, 4) is 16.6 Å². The van der Waals surface area contributed by atoms with Gasteiger partial charge < -0.3 is 14.5 Å². The number of fused-ring (bicyclic) bond motifs is 2. The molecule has 2 aromatic carbocycles. The number of benzene rings is 2. The van der Waals surface area contributed by atoms with Crippen molar-refractivity contribution in [2.45, 2.75) is 25.1 Å². The maximum atomic E-state index is 12.9. The number of ketones is 1. The highest BCUT2D eigenvalue weighted by atomic mass is 35.5. The number of Topliss-reactive ketones (excluding diaryl/α,β-unsaturated/α-hetero) is 1. The van der Waals surface area contributed by atoms with E-state index in [4.69, 9.17) is 16.3 Å². The average molecular weight is 506 g/mol. The van der Waals surface area contributed by atoms with Crippen LogP contribution in [0.1, 0.15) is 33.3 Å². The van der Waals surface area contributed by atoms with Crippen LogP contribution < -0.4 is 14.9 Å². The van der Waals surface area contributed by atoms with Gasteiger partial charge in [0.05, 0.1) is 5.56 Å². The van der Waals surface area contributed by atoms with Gasteiger partial charge in [-0.2, -0.15) is 0 Å². The third-order valence-electron chi connectivity index (χ3n) is 5.48. The molecule has 0 saturated heterocycles. The smallest absolute Gasteiger partial charge is 0.447 e. The molecular weight excluding hydrogens is 491 g/mol. The molecule has 1 atom stereocenters. The molecule has 0 saturated carbocycles. The minimum atomic E-state index is -4.76. The second kappa shape index (κ2) is 8.48. The zero-order valence-electron chi connectivity index (χ0n) is 17.2. The number of hydrogen-bond acceptors (Lipinski definition) is 5. The van der Waals surface area contributed by atoms with Crippen molar-refractivity contribution < 1.29 is 27.4 Å². The van der Waals surface area contributed by atoms with E-state index in [0.717, 1.165) is 4.88 Å². The number of hydrogen-bond donors (Lipinski definition) is 1. The Hall–Kier alpha value is -3.30. The van der Waals surface area contributed by atoms with Crippen molar-refractivity contribution >= 4 is 39.6 Å². The van der Waals surface area contributed by atoms with E-state index in [1.807, 2.05) is 6.07 Å². The molecule has 10 heteroatoms. The van der Waals surface area contributed by atoms with Gasteiger partial charge >= 0.3 is 6.36 Å². The molecule has 1 aliphatic rings. The van der Waals surface area contributed by atoms with Crippen LogP contribution in [0.2, 0.25) is 5.02 Å². The molecule has 5 rings (SSSR count). The van der Waals surface area contributed by atoms with Gasteiger partial charge in [-0.15, -0.1) is 24.5 Å². The van der Waals surface area contributed by atoms with E-state index in [2.05, 4.69) is 9.72 Å². The van der Waals surface area contributed by atoms with Gasteiger partial charge in [0.25, 0.3) is 0 Å². The van der Waals surface area contributed by atoms with Gasteiger partial charge in [0.1, 0.15) is 11.5 Å². The van der Waals surface area contributed by atoms with Gasteiger partial charge in [-0.05, 0) is 61.0 Å². The van der Waals surface area contributed by atoms with E-state index in [0.29, 0.717) is 38.9 Å². The van der Waals surface area contributed by atoms with E-state index in [1.54, 1.807) is 24.3 Å². The summed E-state index contributed by atoms with van der Waals surface area (Å²) in [5, 5.41) is 1.34. The van der Waals surface area contributed by atoms with Gasteiger partial charge in [-0.1, -0.05) is 11.6 Å². The fourth-order valence-corrected chi connectivity index (χ4v) is 5.19. The molecule has 1 unspecified atom stereocenters. The number of halogens is 4. The number of carbonyl (C=O) groups is 1. The number of nitrogens with one attached hydrogen (secondary N) is 1. The molecule has 0 spiro atoms. The molecule has 2 heterocycles. The monoisotopic (exact) mass is 505 g/mol. The summed E-state index contributed by atoms with van der Waals surface area (Å²) in [6, 6.07) is 13.6. The van der Waals surface area contributed by atoms with Gasteiger partial charge in [0, 0.05) is 38.8 Å². The fourth-order valence-electron chi connectivity index (χ4n) is 4.04. The number of aromatic nitrogens is 1. The van der Waals surface area contributed by atoms with E-state index in [-0.39, 0.29) is 34.9 Å². The Kier molecular flexibility index (Phi) is 5.61. The first-order valence-corrected chi connectivity index (χ1v) is 11.4. The van der Waals surface area contributed by atoms with Crippen LogP contribution in [0.3, 0.4) is 0 Å². The normalized spacial score (nSPS) is 15.9. The quantitative estimate of drug-likeness (QED) is 0.329. The number of aromatic amines is 1. The summed E-state index contributed by atoms with van der Waals surface area (Å²) < 4.78 is 46.5. The summed E-state index contributed by atoms with van der Waals surface area (Å²) in [6.45, 7) is 0. The standard InChI is InChI=1S/C24H15ClF3NO4S/c25-13-1-6-17-16(11-13)23(31)22-18(29-17)9-12(10-19(22)30)20-7-8-21(34-20)32-14-2-4-15(5-3-14)33-24(26,27)28/h1-8,11-12H,9-10H2,(H,29,31). The lowest BCUT2D eigenvalue weighted by Crippen LogP contribution is -2.27. The lowest BCUT2D eigenvalue weighted by molar-refractivity contribution is -0.274. The first kappa shape index (κ1) is 22.5. The number of pyridine rings is 1. The van der Waals surface area contributed by atoms with Crippen molar-refractivity contribution in [2.24, 2.45) is 0 Å². The third kappa shape index (κ3) is 4.53. The van der Waals surface area contributed by atoms with Crippen molar-refractivity contribution in [1.82, 2.24) is 4.98 Å². The Balaban J connectivity index is 1.35. The number of ether oxygens (including phenoxy) is 2. The predicted octanol–water partition coefficient (Wildman–Crippen LogP) is 6.85. The lowest BCUT2D eigenvalue weighted by Gasteiger charge is -2.22. The van der Waals surface area contributed by atoms with E-state index >= 15 is 0 Å². The Morgan fingerprint density at radius 1 is 0.971 bits per heavy atom. The number of carbonyl (C=O) groups excluding carboxylic acids is 1. The Morgan fingerprint density at radius 3 is 2.44 bits per heavy atom. The fraction of sp³-hybridized carbons (Fsp3) is 0.167. The second-order valence-corrected chi connectivity index (χ2v) is 9.32. The van der Waals surface area contributed by atoms with Crippen LogP contribution >= 0.6 is 22.9 Å². The first-order valence-electron chi connectivity index (χ1n) is 10.2. The summed E-state index contributed by atoms with van der Waals surface area (Å²) >= 11 is 7.35. The number of H-pyrrole nitrogens is 1. The summed E-state index contributed by atoms with van der Waals surface area (Å²) in [7, 11) is 0. The maximum absolute atomic E-state index is 12.9. The number of rotatable bonds is 4. The summed E-state index contributed by atoms with van der Waals surface area (Å²) in [5.74, 6) is -0.354. The van der Waals surface area contributed by atoms with Crippen molar-refractivity contribution in [3.63, 3.8) is 0 Å². The van der Waals surface area contributed by atoms with Crippen LogP contribution in [0.4, 0.5) is 13.2 Å². The molecule has 5 nitrogen and oxygen atoms in total.